The minimum absolute atomic E-state index is 0.00953. The highest BCUT2D eigenvalue weighted by Crippen LogP contribution is 2.56. The minimum atomic E-state index is -0.441. The van der Waals surface area contributed by atoms with Gasteiger partial charge in [-0.2, -0.15) is 0 Å². The number of hydrogen-bond acceptors (Lipinski definition) is 7. The van der Waals surface area contributed by atoms with Gasteiger partial charge < -0.3 is 33.9 Å². The number of halogens is 8. The predicted molar refractivity (Wildman–Crippen MR) is 238 cm³/mol. The van der Waals surface area contributed by atoms with Crippen molar-refractivity contribution in [1.29, 1.82) is 0 Å². The van der Waals surface area contributed by atoms with Crippen molar-refractivity contribution in [2.45, 2.75) is 38.5 Å². The molecule has 0 amide bonds. The summed E-state index contributed by atoms with van der Waals surface area (Å²) < 4.78 is 35.2. The minimum Gasteiger partial charge on any atom is -0.491 e. The van der Waals surface area contributed by atoms with E-state index in [2.05, 4.69) is 179 Å². The first kappa shape index (κ1) is 45.7. The van der Waals surface area contributed by atoms with Gasteiger partial charge in [0.25, 0.3) is 0 Å². The monoisotopic (exact) mass is 1240 g/mol. The van der Waals surface area contributed by atoms with Crippen LogP contribution >= 0.6 is 127 Å². The zero-order chi connectivity index (χ0) is 39.1. The van der Waals surface area contributed by atoms with Crippen molar-refractivity contribution in [3.05, 3.63) is 107 Å². The molecule has 0 atom stereocenters. The van der Waals surface area contributed by atoms with E-state index >= 15 is 0 Å². The molecular formula is C38H38Br8O7. The van der Waals surface area contributed by atoms with E-state index in [0.29, 0.717) is 51.1 Å². The highest BCUT2D eigenvalue weighted by atomic mass is 79.9. The third-order valence-corrected chi connectivity index (χ3v) is 16.8. The Morgan fingerprint density at radius 1 is 0.434 bits per heavy atom. The van der Waals surface area contributed by atoms with Gasteiger partial charge in [-0.25, -0.2) is 0 Å². The molecule has 0 aliphatic heterocycles. The summed E-state index contributed by atoms with van der Waals surface area (Å²) in [6.45, 7) is 10.8. The van der Waals surface area contributed by atoms with Gasteiger partial charge >= 0.3 is 0 Å². The largest absolute Gasteiger partial charge is 0.491 e. The van der Waals surface area contributed by atoms with Crippen LogP contribution in [0.5, 0.6) is 23.0 Å². The van der Waals surface area contributed by atoms with Gasteiger partial charge in [0, 0.05) is 28.7 Å². The molecule has 0 radical (unpaired) electrons. The first-order valence-corrected chi connectivity index (χ1v) is 22.7. The van der Waals surface area contributed by atoms with E-state index in [-0.39, 0.29) is 13.2 Å². The average Bonchev–Trinajstić information content (AvgIpc) is 3.13. The van der Waals surface area contributed by atoms with Gasteiger partial charge in [-0.1, -0.05) is 52.0 Å². The average molecular weight is 1250 g/mol. The maximum Gasteiger partial charge on any atom is 0.158 e. The van der Waals surface area contributed by atoms with Crippen molar-refractivity contribution in [3.8, 4) is 23.0 Å². The molecule has 0 unspecified atom stereocenters. The van der Waals surface area contributed by atoms with E-state index in [1.54, 1.807) is 0 Å². The zero-order valence-corrected chi connectivity index (χ0v) is 41.9. The smallest absolute Gasteiger partial charge is 0.158 e. The van der Waals surface area contributed by atoms with E-state index in [9.17, 15) is 0 Å². The van der Waals surface area contributed by atoms with Gasteiger partial charge in [0.05, 0.1) is 57.5 Å². The molecule has 288 valence electrons. The zero-order valence-electron chi connectivity index (χ0n) is 29.2. The van der Waals surface area contributed by atoms with E-state index in [4.69, 9.17) is 33.9 Å². The molecule has 0 aliphatic carbocycles. The fourth-order valence-electron chi connectivity index (χ4n) is 5.60. The Morgan fingerprint density at radius 3 is 1.02 bits per heavy atom. The molecule has 0 spiro atoms. The quantitative estimate of drug-likeness (QED) is 0.0758. The van der Waals surface area contributed by atoms with E-state index in [0.717, 1.165) is 69.5 Å². The van der Waals surface area contributed by atoms with Crippen LogP contribution in [-0.2, 0) is 20.3 Å². The number of benzene rings is 4. The first-order chi connectivity index (χ1) is 25.1. The summed E-state index contributed by atoms with van der Waals surface area (Å²) in [4.78, 5) is 0. The van der Waals surface area contributed by atoms with Gasteiger partial charge in [0.15, 0.2) is 11.5 Å². The molecule has 2 N–H and O–H groups in total. The second-order valence-corrected chi connectivity index (χ2v) is 19.0. The molecule has 0 fully saturated rings. The molecule has 4 aromatic carbocycles. The molecule has 0 aromatic heterocycles. The Kier molecular flexibility index (Phi) is 17.7. The van der Waals surface area contributed by atoms with Gasteiger partial charge in [-0.3, -0.25) is 0 Å². The van der Waals surface area contributed by atoms with Crippen molar-refractivity contribution in [3.63, 3.8) is 0 Å². The Hall–Kier alpha value is -0.0400. The molecule has 4 aromatic rings. The molecule has 0 saturated carbocycles. The van der Waals surface area contributed by atoms with Crippen molar-refractivity contribution in [2.24, 2.45) is 0 Å². The van der Waals surface area contributed by atoms with Crippen LogP contribution in [0.3, 0.4) is 0 Å². The fraction of sp³-hybridized carbons (Fsp3) is 0.368. The second kappa shape index (κ2) is 20.6. The maximum atomic E-state index is 8.88. The molecule has 53 heavy (non-hydrogen) atoms. The Balaban J connectivity index is 1.62. The third-order valence-electron chi connectivity index (χ3n) is 8.52. The SMILES string of the molecule is CC(C)(c1ccc(OCCOCCO)cc1)c1c(Br)c(Br)c(Oc2c(Br)c(Br)c(C(C)(C)c3ccc(OCCOCCO)cc3)c(Br)c2Br)c(Br)c1Br. The van der Waals surface area contributed by atoms with Crippen molar-refractivity contribution in [2.75, 3.05) is 52.9 Å². The summed E-state index contributed by atoms with van der Waals surface area (Å²) in [5.41, 5.74) is 3.31. The predicted octanol–water partition coefficient (Wildman–Crippen LogP) is 13.0. The van der Waals surface area contributed by atoms with Gasteiger partial charge in [0.1, 0.15) is 24.7 Å². The number of hydrogen-bond donors (Lipinski definition) is 2. The van der Waals surface area contributed by atoms with E-state index in [1.807, 2.05) is 24.3 Å². The number of rotatable bonds is 18. The Morgan fingerprint density at radius 2 is 0.736 bits per heavy atom. The number of aliphatic hydroxyl groups is 2. The van der Waals surface area contributed by atoms with Crippen LogP contribution in [0.25, 0.3) is 0 Å². The second-order valence-electron chi connectivity index (χ2n) is 12.7. The van der Waals surface area contributed by atoms with Crippen molar-refractivity contribution >= 4 is 127 Å². The van der Waals surface area contributed by atoms with Crippen LogP contribution < -0.4 is 14.2 Å². The van der Waals surface area contributed by atoms with Gasteiger partial charge in [-0.15, -0.1) is 0 Å². The molecule has 0 aliphatic rings. The fourth-order valence-corrected chi connectivity index (χ4v) is 12.1. The summed E-state index contributed by atoms with van der Waals surface area (Å²) in [7, 11) is 0. The molecule has 4 rings (SSSR count). The Labute approximate surface area is 378 Å². The number of ether oxygens (including phenoxy) is 5. The van der Waals surface area contributed by atoms with E-state index < -0.39 is 10.8 Å². The lowest BCUT2D eigenvalue weighted by molar-refractivity contribution is 0.0705. The summed E-state index contributed by atoms with van der Waals surface area (Å²) in [6.07, 6.45) is 0. The van der Waals surface area contributed by atoms with Crippen LogP contribution in [0.2, 0.25) is 0 Å². The molecule has 7 nitrogen and oxygen atoms in total. The third kappa shape index (κ3) is 10.7. The van der Waals surface area contributed by atoms with Crippen LogP contribution in [0.15, 0.2) is 84.3 Å². The van der Waals surface area contributed by atoms with Crippen LogP contribution in [0.1, 0.15) is 49.9 Å². The standard InChI is InChI=1S/C38H38Br8O7/c1-37(2,21-5-9-23(10-6-21)51-19-17-49-15-13-47)25-27(39)31(43)35(32(44)28(25)40)53-36-33(45)29(41)26(30(42)34(36)46)38(3,4)22-7-11-24(12-8-22)52-20-18-50-16-14-48/h5-12,47-48H,13-20H2,1-4H3. The van der Waals surface area contributed by atoms with Crippen LogP contribution in [0, 0.1) is 0 Å². The first-order valence-electron chi connectivity index (χ1n) is 16.3. The lowest BCUT2D eigenvalue weighted by Crippen LogP contribution is -2.21. The summed E-state index contributed by atoms with van der Waals surface area (Å²) >= 11 is 30.9. The molecule has 0 heterocycles. The summed E-state index contributed by atoms with van der Waals surface area (Å²) in [5, 5.41) is 17.8. The van der Waals surface area contributed by atoms with E-state index in [1.165, 1.54) is 0 Å². The van der Waals surface area contributed by atoms with Gasteiger partial charge in [0.2, 0.25) is 0 Å². The highest BCUT2D eigenvalue weighted by Gasteiger charge is 2.35. The lowest BCUT2D eigenvalue weighted by Gasteiger charge is -2.32. The van der Waals surface area contributed by atoms with Gasteiger partial charge in [-0.05, 0) is 174 Å². The molecule has 0 bridgehead atoms. The molecule has 0 saturated heterocycles. The van der Waals surface area contributed by atoms with Crippen molar-refractivity contribution in [1.82, 2.24) is 0 Å². The summed E-state index contributed by atoms with van der Waals surface area (Å²) in [6, 6.07) is 16.0. The lowest BCUT2D eigenvalue weighted by atomic mass is 9.78. The normalized spacial score (nSPS) is 12.0. The molecular weight excluding hydrogens is 1210 g/mol. The van der Waals surface area contributed by atoms with Crippen LogP contribution in [0.4, 0.5) is 0 Å². The summed E-state index contributed by atoms with van der Waals surface area (Å²) in [5.74, 6) is 2.62. The topological polar surface area (TPSA) is 86.6 Å². The Bertz CT molecular complexity index is 1670. The number of aliphatic hydroxyl groups excluding tert-OH is 2. The molecule has 15 heteroatoms. The highest BCUT2D eigenvalue weighted by molar-refractivity contribution is 9.14. The van der Waals surface area contributed by atoms with Crippen molar-refractivity contribution < 1.29 is 33.9 Å². The maximum absolute atomic E-state index is 8.88. The van der Waals surface area contributed by atoms with Crippen LogP contribution in [-0.4, -0.2) is 63.1 Å².